The molecule has 1 aromatic carbocycles. The molecular formula is C14H18BrN5. The van der Waals surface area contributed by atoms with E-state index in [0.29, 0.717) is 5.82 Å². The van der Waals surface area contributed by atoms with Crippen LogP contribution in [-0.4, -0.2) is 9.97 Å². The summed E-state index contributed by atoms with van der Waals surface area (Å²) in [7, 11) is 0. The van der Waals surface area contributed by atoms with Gasteiger partial charge in [0.25, 0.3) is 0 Å². The van der Waals surface area contributed by atoms with Crippen molar-refractivity contribution in [1.29, 1.82) is 0 Å². The van der Waals surface area contributed by atoms with Crippen molar-refractivity contribution in [3.8, 4) is 0 Å². The van der Waals surface area contributed by atoms with Crippen LogP contribution in [0.2, 0.25) is 0 Å². The van der Waals surface area contributed by atoms with E-state index in [-0.39, 0.29) is 0 Å². The summed E-state index contributed by atoms with van der Waals surface area (Å²) < 4.78 is 1.09. The molecule has 0 saturated heterocycles. The molecule has 20 heavy (non-hydrogen) atoms. The van der Waals surface area contributed by atoms with E-state index < -0.39 is 0 Å². The fourth-order valence-corrected chi connectivity index (χ4v) is 2.24. The van der Waals surface area contributed by atoms with Gasteiger partial charge in [-0.1, -0.05) is 29.3 Å². The minimum Gasteiger partial charge on any atom is -0.340 e. The first kappa shape index (κ1) is 14.7. The molecule has 0 radical (unpaired) electrons. The Morgan fingerprint density at radius 2 is 2.00 bits per heavy atom. The van der Waals surface area contributed by atoms with Gasteiger partial charge in [0.05, 0.1) is 0 Å². The van der Waals surface area contributed by atoms with Gasteiger partial charge >= 0.3 is 0 Å². The number of nitrogen functional groups attached to an aromatic ring is 1. The monoisotopic (exact) mass is 335 g/mol. The highest BCUT2D eigenvalue weighted by Gasteiger charge is 2.10. The second kappa shape index (κ2) is 6.67. The highest BCUT2D eigenvalue weighted by atomic mass is 79.9. The number of aryl methyl sites for hydroxylation is 1. The molecular weight excluding hydrogens is 318 g/mol. The number of nitrogens with one attached hydrogen (secondary N) is 2. The molecule has 1 heterocycles. The normalized spacial score (nSPS) is 10.4. The van der Waals surface area contributed by atoms with Gasteiger partial charge in [-0.25, -0.2) is 15.8 Å². The first-order chi connectivity index (χ1) is 9.65. The van der Waals surface area contributed by atoms with Gasteiger partial charge in [-0.05, 0) is 37.1 Å². The van der Waals surface area contributed by atoms with Crippen LogP contribution < -0.4 is 16.6 Å². The predicted molar refractivity (Wildman–Crippen MR) is 86.0 cm³/mol. The van der Waals surface area contributed by atoms with Gasteiger partial charge in [-0.3, -0.25) is 0 Å². The molecule has 5 nitrogen and oxygen atoms in total. The van der Waals surface area contributed by atoms with Crippen LogP contribution in [-0.2, 0) is 6.42 Å². The van der Waals surface area contributed by atoms with Gasteiger partial charge in [-0.15, -0.1) is 0 Å². The molecule has 0 atom stereocenters. The molecule has 0 bridgehead atoms. The summed E-state index contributed by atoms with van der Waals surface area (Å²) in [6, 6.07) is 6.09. The van der Waals surface area contributed by atoms with Crippen molar-refractivity contribution in [3.05, 3.63) is 40.1 Å². The molecule has 4 N–H and O–H groups in total. The lowest BCUT2D eigenvalue weighted by Crippen LogP contribution is -2.13. The molecule has 0 aliphatic rings. The van der Waals surface area contributed by atoms with E-state index in [9.17, 15) is 0 Å². The predicted octanol–water partition coefficient (Wildman–Crippen LogP) is 3.53. The molecule has 0 fully saturated rings. The Morgan fingerprint density at radius 1 is 1.25 bits per heavy atom. The van der Waals surface area contributed by atoms with Crippen molar-refractivity contribution in [2.24, 2.45) is 5.84 Å². The number of nitrogens with zero attached hydrogens (tertiary/aromatic N) is 2. The molecule has 0 unspecified atom stereocenters. The first-order valence-corrected chi connectivity index (χ1v) is 7.28. The Morgan fingerprint density at radius 3 is 2.65 bits per heavy atom. The van der Waals surface area contributed by atoms with Crippen LogP contribution in [0.3, 0.4) is 0 Å². The van der Waals surface area contributed by atoms with Crippen LogP contribution in [0, 0.1) is 6.92 Å². The van der Waals surface area contributed by atoms with E-state index in [1.807, 2.05) is 12.1 Å². The number of hydrogen-bond acceptors (Lipinski definition) is 5. The Hall–Kier alpha value is -1.66. The van der Waals surface area contributed by atoms with Gasteiger partial charge in [0, 0.05) is 15.7 Å². The average molecular weight is 336 g/mol. The van der Waals surface area contributed by atoms with Crippen LogP contribution >= 0.6 is 15.9 Å². The fourth-order valence-electron chi connectivity index (χ4n) is 1.99. The van der Waals surface area contributed by atoms with E-state index in [2.05, 4.69) is 56.6 Å². The largest absolute Gasteiger partial charge is 0.340 e. The maximum atomic E-state index is 5.51. The van der Waals surface area contributed by atoms with Crippen LogP contribution in [0.4, 0.5) is 17.3 Å². The smallest absolute Gasteiger partial charge is 0.148 e. The lowest BCUT2D eigenvalue weighted by molar-refractivity contribution is 0.903. The number of hydrazine groups is 1. The molecule has 6 heteroatoms. The third-order valence-electron chi connectivity index (χ3n) is 3.00. The van der Waals surface area contributed by atoms with E-state index >= 15 is 0 Å². The maximum absolute atomic E-state index is 5.51. The molecule has 106 valence electrons. The minimum absolute atomic E-state index is 0.665. The number of halogens is 1. The third-order valence-corrected chi connectivity index (χ3v) is 3.89. The zero-order chi connectivity index (χ0) is 14.5. The summed E-state index contributed by atoms with van der Waals surface area (Å²) >= 11 is 3.50. The molecule has 2 aromatic rings. The third kappa shape index (κ3) is 3.26. The molecule has 1 aromatic heterocycles. The first-order valence-electron chi connectivity index (χ1n) is 6.49. The molecule has 0 aliphatic carbocycles. The van der Waals surface area contributed by atoms with Gasteiger partial charge in [0.1, 0.15) is 18.0 Å². The van der Waals surface area contributed by atoms with Crippen molar-refractivity contribution < 1.29 is 0 Å². The second-order valence-corrected chi connectivity index (χ2v) is 5.39. The molecule has 0 aliphatic heterocycles. The summed E-state index contributed by atoms with van der Waals surface area (Å²) in [5, 5.41) is 3.33. The Bertz CT molecular complexity index is 600. The topological polar surface area (TPSA) is 75.9 Å². The lowest BCUT2D eigenvalue weighted by Gasteiger charge is -2.14. The zero-order valence-corrected chi connectivity index (χ0v) is 13.2. The van der Waals surface area contributed by atoms with Crippen molar-refractivity contribution in [2.45, 2.75) is 26.7 Å². The van der Waals surface area contributed by atoms with Crippen molar-refractivity contribution in [1.82, 2.24) is 9.97 Å². The highest BCUT2D eigenvalue weighted by molar-refractivity contribution is 9.10. The number of anilines is 3. The summed E-state index contributed by atoms with van der Waals surface area (Å²) in [5.74, 6) is 6.97. The van der Waals surface area contributed by atoms with Crippen LogP contribution in [0.5, 0.6) is 0 Å². The zero-order valence-electron chi connectivity index (χ0n) is 11.6. The van der Waals surface area contributed by atoms with Gasteiger partial charge in [-0.2, -0.15) is 0 Å². The van der Waals surface area contributed by atoms with Crippen molar-refractivity contribution >= 4 is 33.3 Å². The van der Waals surface area contributed by atoms with Crippen LogP contribution in [0.25, 0.3) is 0 Å². The Balaban J connectivity index is 2.34. The Labute approximate surface area is 127 Å². The molecule has 0 amide bonds. The van der Waals surface area contributed by atoms with Crippen LogP contribution in [0.1, 0.15) is 24.5 Å². The lowest BCUT2D eigenvalue weighted by atomic mass is 10.1. The van der Waals surface area contributed by atoms with Gasteiger partial charge < -0.3 is 10.7 Å². The highest BCUT2D eigenvalue weighted by Crippen LogP contribution is 2.26. The summed E-state index contributed by atoms with van der Waals surface area (Å²) in [5.41, 5.74) is 5.78. The average Bonchev–Trinajstić information content (AvgIpc) is 2.45. The summed E-state index contributed by atoms with van der Waals surface area (Å²) in [6.45, 7) is 4.16. The van der Waals surface area contributed by atoms with E-state index in [1.54, 1.807) is 0 Å². The number of aromatic nitrogens is 2. The van der Waals surface area contributed by atoms with E-state index in [1.165, 1.54) is 11.9 Å². The maximum Gasteiger partial charge on any atom is 0.148 e. The van der Waals surface area contributed by atoms with E-state index in [0.717, 1.165) is 34.4 Å². The van der Waals surface area contributed by atoms with Crippen LogP contribution in [0.15, 0.2) is 29.0 Å². The number of benzene rings is 1. The second-order valence-electron chi connectivity index (χ2n) is 4.53. The van der Waals surface area contributed by atoms with E-state index in [4.69, 9.17) is 5.84 Å². The van der Waals surface area contributed by atoms with Crippen molar-refractivity contribution in [3.63, 3.8) is 0 Å². The minimum atomic E-state index is 0.665. The van der Waals surface area contributed by atoms with Gasteiger partial charge in [0.2, 0.25) is 0 Å². The number of rotatable bonds is 5. The summed E-state index contributed by atoms with van der Waals surface area (Å²) in [4.78, 5) is 8.48. The van der Waals surface area contributed by atoms with Gasteiger partial charge in [0.15, 0.2) is 0 Å². The van der Waals surface area contributed by atoms with Crippen molar-refractivity contribution in [2.75, 3.05) is 10.7 Å². The molecule has 0 spiro atoms. The quantitative estimate of drug-likeness (QED) is 0.575. The SMILES string of the molecule is CCCc1c(NN)ncnc1Nc1ccc(Br)c(C)c1. The number of nitrogens with two attached hydrogens (primary N) is 1. The summed E-state index contributed by atoms with van der Waals surface area (Å²) in [6.07, 6.45) is 3.36. The molecule has 0 saturated carbocycles. The molecule has 2 rings (SSSR count). The standard InChI is InChI=1S/C14H18BrN5/c1-3-4-11-13(17-8-18-14(11)20-16)19-10-5-6-12(15)9(2)7-10/h5-8H,3-4,16H2,1-2H3,(H2,17,18,19,20). The Kier molecular flexibility index (Phi) is 4.92. The number of hydrogen-bond donors (Lipinski definition) is 3. The fraction of sp³-hybridized carbons (Fsp3) is 0.286.